The molecule has 0 spiro atoms. The van der Waals surface area contributed by atoms with E-state index in [2.05, 4.69) is 0 Å². The summed E-state index contributed by atoms with van der Waals surface area (Å²) in [7, 11) is 0. The number of aliphatic hydroxyl groups excluding tert-OH is 1. The van der Waals surface area contributed by atoms with Gasteiger partial charge in [-0.2, -0.15) is 0 Å². The van der Waals surface area contributed by atoms with Gasteiger partial charge in [-0.05, 0) is 50.1 Å². The predicted octanol–water partition coefficient (Wildman–Crippen LogP) is 4.72. The molecular formula is C22H25NO4. The van der Waals surface area contributed by atoms with Crippen LogP contribution in [0.15, 0.2) is 46.1 Å². The number of hydrogen-bond acceptors (Lipinski definition) is 4. The molecule has 1 aromatic carbocycles. The number of ketones is 1. The first-order valence-corrected chi connectivity index (χ1v) is 8.97. The smallest absolute Gasteiger partial charge is 0.294 e. The zero-order chi connectivity index (χ0) is 20.1. The zero-order valence-corrected chi connectivity index (χ0v) is 16.6. The van der Waals surface area contributed by atoms with Crippen molar-refractivity contribution >= 4 is 17.4 Å². The van der Waals surface area contributed by atoms with Gasteiger partial charge < -0.3 is 9.52 Å². The largest absolute Gasteiger partial charge is 0.503 e. The summed E-state index contributed by atoms with van der Waals surface area (Å²) >= 11 is 0. The molecule has 1 N–H and O–H groups in total. The summed E-state index contributed by atoms with van der Waals surface area (Å²) in [6.07, 6.45) is 0. The lowest BCUT2D eigenvalue weighted by atomic mass is 9.83. The first kappa shape index (κ1) is 19.0. The molecule has 1 aliphatic heterocycles. The molecular weight excluding hydrogens is 342 g/mol. The summed E-state index contributed by atoms with van der Waals surface area (Å²) in [6.45, 7) is 10.9. The van der Waals surface area contributed by atoms with E-state index in [4.69, 9.17) is 4.42 Å². The van der Waals surface area contributed by atoms with Gasteiger partial charge in [0.25, 0.3) is 5.91 Å². The number of aryl methyl sites for hydroxylation is 3. The molecule has 0 bridgehead atoms. The van der Waals surface area contributed by atoms with Crippen LogP contribution in [0.5, 0.6) is 0 Å². The normalized spacial score (nSPS) is 17.8. The average Bonchev–Trinajstić information content (AvgIpc) is 3.11. The van der Waals surface area contributed by atoms with Crippen LogP contribution >= 0.6 is 0 Å². The molecule has 0 saturated carbocycles. The quantitative estimate of drug-likeness (QED) is 0.852. The molecule has 2 aromatic rings. The average molecular weight is 367 g/mol. The molecule has 5 nitrogen and oxygen atoms in total. The predicted molar refractivity (Wildman–Crippen MR) is 104 cm³/mol. The van der Waals surface area contributed by atoms with Gasteiger partial charge in [0.15, 0.2) is 11.5 Å². The number of amides is 1. The minimum absolute atomic E-state index is 0.0859. The first-order valence-electron chi connectivity index (χ1n) is 8.97. The van der Waals surface area contributed by atoms with E-state index in [0.29, 0.717) is 17.2 Å². The number of carbonyl (C=O) groups excluding carboxylic acids is 2. The number of hydrogen-bond donors (Lipinski definition) is 1. The van der Waals surface area contributed by atoms with Crippen molar-refractivity contribution in [1.29, 1.82) is 0 Å². The van der Waals surface area contributed by atoms with E-state index in [1.807, 2.05) is 32.0 Å². The van der Waals surface area contributed by atoms with Crippen molar-refractivity contribution < 1.29 is 19.1 Å². The molecule has 1 aromatic heterocycles. The van der Waals surface area contributed by atoms with E-state index in [1.54, 1.807) is 39.8 Å². The first-order chi connectivity index (χ1) is 12.5. The Kier molecular flexibility index (Phi) is 4.50. The summed E-state index contributed by atoms with van der Waals surface area (Å²) in [5.74, 6) is -0.240. The summed E-state index contributed by atoms with van der Waals surface area (Å²) in [5.41, 5.74) is 1.85. The molecule has 5 heteroatoms. The Morgan fingerprint density at radius 2 is 1.78 bits per heavy atom. The number of carbonyl (C=O) groups is 2. The van der Waals surface area contributed by atoms with E-state index in [-0.39, 0.29) is 11.4 Å². The summed E-state index contributed by atoms with van der Waals surface area (Å²) in [5, 5.41) is 10.6. The highest BCUT2D eigenvalue weighted by Crippen LogP contribution is 2.44. The number of furan rings is 1. The standard InChI is InChI=1S/C22H25NO4/c1-12-7-8-13(2)15(11-12)23-18(16-10-9-14(3)27-16)17(19(24)21(23)26)20(25)22(4,5)6/h7-11,18,24H,1-6H3. The molecule has 1 amide bonds. The van der Waals surface area contributed by atoms with Crippen LogP contribution < -0.4 is 4.90 Å². The molecule has 142 valence electrons. The maximum absolute atomic E-state index is 13.1. The van der Waals surface area contributed by atoms with E-state index in [0.717, 1.165) is 11.1 Å². The fourth-order valence-corrected chi connectivity index (χ4v) is 3.34. The lowest BCUT2D eigenvalue weighted by molar-refractivity contribution is -0.123. The Bertz CT molecular complexity index is 959. The molecule has 1 aliphatic rings. The topological polar surface area (TPSA) is 70.8 Å². The second-order valence-corrected chi connectivity index (χ2v) is 8.16. The van der Waals surface area contributed by atoms with E-state index in [9.17, 15) is 14.7 Å². The molecule has 1 atom stereocenters. The van der Waals surface area contributed by atoms with Crippen LogP contribution in [0.2, 0.25) is 0 Å². The second kappa shape index (κ2) is 6.41. The Labute approximate surface area is 159 Å². The number of anilines is 1. The minimum atomic E-state index is -0.793. The van der Waals surface area contributed by atoms with E-state index in [1.165, 1.54) is 4.90 Å². The third kappa shape index (κ3) is 3.18. The van der Waals surface area contributed by atoms with Gasteiger partial charge in [-0.1, -0.05) is 32.9 Å². The third-order valence-electron chi connectivity index (χ3n) is 4.79. The van der Waals surface area contributed by atoms with Crippen LogP contribution in [0.4, 0.5) is 5.69 Å². The van der Waals surface area contributed by atoms with Gasteiger partial charge >= 0.3 is 0 Å². The Morgan fingerprint density at radius 3 is 2.33 bits per heavy atom. The number of rotatable bonds is 3. The summed E-state index contributed by atoms with van der Waals surface area (Å²) in [4.78, 5) is 27.6. The maximum Gasteiger partial charge on any atom is 0.294 e. The van der Waals surface area contributed by atoms with Crippen molar-refractivity contribution in [3.05, 3.63) is 64.3 Å². The SMILES string of the molecule is Cc1ccc(C)c(N2C(=O)C(O)=C(C(=O)C(C)(C)C)C2c2ccc(C)o2)c1. The highest BCUT2D eigenvalue weighted by Gasteiger charge is 2.48. The highest BCUT2D eigenvalue weighted by atomic mass is 16.3. The molecule has 0 radical (unpaired) electrons. The lowest BCUT2D eigenvalue weighted by Gasteiger charge is -2.28. The fraction of sp³-hybridized carbons (Fsp3) is 0.364. The van der Waals surface area contributed by atoms with Crippen LogP contribution in [0, 0.1) is 26.2 Å². The second-order valence-electron chi connectivity index (χ2n) is 8.16. The van der Waals surface area contributed by atoms with Gasteiger partial charge in [0, 0.05) is 11.1 Å². The van der Waals surface area contributed by atoms with Crippen LogP contribution in [0.1, 0.15) is 49.5 Å². The molecule has 0 fully saturated rings. The molecule has 3 rings (SSSR count). The van der Waals surface area contributed by atoms with Crippen molar-refractivity contribution in [3.8, 4) is 0 Å². The lowest BCUT2D eigenvalue weighted by Crippen LogP contribution is -2.33. The van der Waals surface area contributed by atoms with Crippen molar-refractivity contribution in [3.63, 3.8) is 0 Å². The monoisotopic (exact) mass is 367 g/mol. The Morgan fingerprint density at radius 1 is 1.11 bits per heavy atom. The van der Waals surface area contributed by atoms with Crippen molar-refractivity contribution in [2.45, 2.75) is 47.6 Å². The minimum Gasteiger partial charge on any atom is -0.503 e. The molecule has 2 heterocycles. The van der Waals surface area contributed by atoms with Crippen LogP contribution in [0.25, 0.3) is 0 Å². The van der Waals surface area contributed by atoms with E-state index >= 15 is 0 Å². The van der Waals surface area contributed by atoms with Crippen molar-refractivity contribution in [1.82, 2.24) is 0 Å². The molecule has 0 saturated heterocycles. The maximum atomic E-state index is 13.1. The summed E-state index contributed by atoms with van der Waals surface area (Å²) < 4.78 is 5.79. The van der Waals surface area contributed by atoms with Gasteiger partial charge in [0.2, 0.25) is 0 Å². The van der Waals surface area contributed by atoms with Crippen LogP contribution in [-0.2, 0) is 9.59 Å². The van der Waals surface area contributed by atoms with Crippen molar-refractivity contribution in [2.75, 3.05) is 4.90 Å². The number of Topliss-reactive ketones (excluding diaryl/α,β-unsaturated/α-hetero) is 1. The third-order valence-corrected chi connectivity index (χ3v) is 4.79. The van der Waals surface area contributed by atoms with Crippen LogP contribution in [0.3, 0.4) is 0 Å². The van der Waals surface area contributed by atoms with Crippen molar-refractivity contribution in [2.24, 2.45) is 5.41 Å². The zero-order valence-electron chi connectivity index (χ0n) is 16.6. The fourth-order valence-electron chi connectivity index (χ4n) is 3.34. The number of nitrogens with zero attached hydrogens (tertiary/aromatic N) is 1. The highest BCUT2D eigenvalue weighted by molar-refractivity contribution is 6.17. The van der Waals surface area contributed by atoms with Gasteiger partial charge in [-0.3, -0.25) is 14.5 Å². The number of aliphatic hydroxyl groups is 1. The number of benzene rings is 1. The van der Waals surface area contributed by atoms with E-state index < -0.39 is 23.1 Å². The van der Waals surface area contributed by atoms with Crippen LogP contribution in [-0.4, -0.2) is 16.8 Å². The van der Waals surface area contributed by atoms with Gasteiger partial charge in [0.05, 0.1) is 5.57 Å². The van der Waals surface area contributed by atoms with Gasteiger partial charge in [-0.25, -0.2) is 0 Å². The molecule has 27 heavy (non-hydrogen) atoms. The Balaban J connectivity index is 2.24. The van der Waals surface area contributed by atoms with Gasteiger partial charge in [-0.15, -0.1) is 0 Å². The molecule has 1 unspecified atom stereocenters. The summed E-state index contributed by atoms with van der Waals surface area (Å²) in [6, 6.07) is 8.50. The Hall–Kier alpha value is -2.82. The molecule has 0 aliphatic carbocycles. The van der Waals surface area contributed by atoms with Gasteiger partial charge in [0.1, 0.15) is 17.6 Å².